The summed E-state index contributed by atoms with van der Waals surface area (Å²) in [4.78, 5) is 17.7. The molecule has 0 N–H and O–H groups in total. The van der Waals surface area contributed by atoms with Crippen LogP contribution < -0.4 is 4.80 Å². The van der Waals surface area contributed by atoms with E-state index in [-0.39, 0.29) is 5.91 Å². The van der Waals surface area contributed by atoms with Gasteiger partial charge in [-0.05, 0) is 49.9 Å². The van der Waals surface area contributed by atoms with Gasteiger partial charge in [0.05, 0.1) is 16.8 Å². The van der Waals surface area contributed by atoms with Gasteiger partial charge in [0.25, 0.3) is 0 Å². The van der Waals surface area contributed by atoms with E-state index in [4.69, 9.17) is 4.74 Å². The second kappa shape index (κ2) is 9.11. The van der Waals surface area contributed by atoms with Crippen molar-refractivity contribution in [1.82, 2.24) is 4.57 Å². The molecule has 3 aromatic rings. The summed E-state index contributed by atoms with van der Waals surface area (Å²) >= 11 is 1.59. The number of fused-ring (bicyclic) bond motifs is 1. The normalized spacial score (nSPS) is 12.0. The van der Waals surface area contributed by atoms with Crippen LogP contribution in [0.15, 0.2) is 47.5 Å². The highest BCUT2D eigenvalue weighted by molar-refractivity contribution is 7.16. The van der Waals surface area contributed by atoms with Crippen LogP contribution in [0.2, 0.25) is 0 Å². The molecule has 0 radical (unpaired) electrons. The Hall–Kier alpha value is -2.24. The summed E-state index contributed by atoms with van der Waals surface area (Å²) in [7, 11) is 0. The van der Waals surface area contributed by atoms with E-state index in [1.165, 1.54) is 15.8 Å². The third-order valence-electron chi connectivity index (χ3n) is 4.47. The molecule has 0 spiro atoms. The van der Waals surface area contributed by atoms with Gasteiger partial charge in [0.15, 0.2) is 4.80 Å². The van der Waals surface area contributed by atoms with Crippen molar-refractivity contribution < 1.29 is 9.53 Å². The Morgan fingerprint density at radius 2 is 1.96 bits per heavy atom. The van der Waals surface area contributed by atoms with Gasteiger partial charge < -0.3 is 9.30 Å². The molecule has 0 bridgehead atoms. The van der Waals surface area contributed by atoms with Crippen LogP contribution in [0.25, 0.3) is 10.2 Å². The largest absolute Gasteiger partial charge is 0.380 e. The maximum absolute atomic E-state index is 12.5. The molecule has 1 heterocycles. The number of ether oxygens (including phenoxy) is 1. The molecule has 27 heavy (non-hydrogen) atoms. The van der Waals surface area contributed by atoms with Crippen molar-refractivity contribution in [1.29, 1.82) is 0 Å². The molecule has 0 atom stereocenters. The fourth-order valence-electron chi connectivity index (χ4n) is 3.17. The van der Waals surface area contributed by atoms with E-state index in [1.807, 2.05) is 37.3 Å². The molecular weight excluding hydrogens is 356 g/mol. The number of carbonyl (C=O) groups excluding carboxylic acids is 1. The van der Waals surface area contributed by atoms with E-state index in [0.29, 0.717) is 32.6 Å². The first-order valence-electron chi connectivity index (χ1n) is 9.38. The molecule has 142 valence electrons. The van der Waals surface area contributed by atoms with Gasteiger partial charge >= 0.3 is 0 Å². The van der Waals surface area contributed by atoms with E-state index in [0.717, 1.165) is 15.9 Å². The zero-order valence-electron chi connectivity index (χ0n) is 16.2. The van der Waals surface area contributed by atoms with Crippen LogP contribution in [-0.4, -0.2) is 23.7 Å². The smallest absolute Gasteiger partial charge is 0.248 e. The van der Waals surface area contributed by atoms with Gasteiger partial charge in [0.2, 0.25) is 5.91 Å². The minimum absolute atomic E-state index is 0.0788. The Labute approximate surface area is 164 Å². The average Bonchev–Trinajstić information content (AvgIpc) is 2.99. The molecule has 0 aliphatic carbocycles. The SMILES string of the molecule is CCOCCn1c(=NC(=O)CCc2ccccc2)sc2c(C)cc(C)cc21. The number of rotatable bonds is 7. The summed E-state index contributed by atoms with van der Waals surface area (Å²) in [5.41, 5.74) is 4.73. The third kappa shape index (κ3) is 4.93. The minimum atomic E-state index is -0.0788. The Kier molecular flexibility index (Phi) is 6.58. The topological polar surface area (TPSA) is 43.6 Å². The molecule has 0 unspecified atom stereocenters. The molecule has 1 aromatic heterocycles. The van der Waals surface area contributed by atoms with Crippen LogP contribution >= 0.6 is 11.3 Å². The van der Waals surface area contributed by atoms with Crippen molar-refractivity contribution in [2.24, 2.45) is 4.99 Å². The van der Waals surface area contributed by atoms with Crippen molar-refractivity contribution in [3.63, 3.8) is 0 Å². The second-order valence-corrected chi connectivity index (χ2v) is 7.63. The summed E-state index contributed by atoms with van der Waals surface area (Å²) in [5, 5.41) is 0. The lowest BCUT2D eigenvalue weighted by molar-refractivity contribution is -0.118. The highest BCUT2D eigenvalue weighted by Crippen LogP contribution is 2.23. The number of thiazole rings is 1. The Morgan fingerprint density at radius 3 is 2.70 bits per heavy atom. The number of aryl methyl sites for hydroxylation is 3. The number of amides is 1. The number of carbonyl (C=O) groups is 1. The first-order chi connectivity index (χ1) is 13.1. The molecule has 0 aliphatic rings. The number of nitrogens with zero attached hydrogens (tertiary/aromatic N) is 2. The maximum Gasteiger partial charge on any atom is 0.248 e. The van der Waals surface area contributed by atoms with Crippen LogP contribution in [0.4, 0.5) is 0 Å². The molecule has 4 nitrogen and oxygen atoms in total. The predicted octanol–water partition coefficient (Wildman–Crippen LogP) is 4.42. The van der Waals surface area contributed by atoms with Crippen molar-refractivity contribution in [2.45, 2.75) is 40.2 Å². The minimum Gasteiger partial charge on any atom is -0.380 e. The number of aromatic nitrogens is 1. The predicted molar refractivity (Wildman–Crippen MR) is 111 cm³/mol. The van der Waals surface area contributed by atoms with Crippen LogP contribution in [-0.2, 0) is 22.5 Å². The van der Waals surface area contributed by atoms with Gasteiger partial charge in [0.1, 0.15) is 0 Å². The van der Waals surface area contributed by atoms with Gasteiger partial charge in [0, 0.05) is 19.6 Å². The van der Waals surface area contributed by atoms with Crippen LogP contribution in [0.1, 0.15) is 30.0 Å². The first-order valence-corrected chi connectivity index (χ1v) is 10.2. The Morgan fingerprint density at radius 1 is 1.19 bits per heavy atom. The number of benzene rings is 2. The lowest BCUT2D eigenvalue weighted by Gasteiger charge is -2.07. The summed E-state index contributed by atoms with van der Waals surface area (Å²) in [6.45, 7) is 8.19. The van der Waals surface area contributed by atoms with E-state index < -0.39 is 0 Å². The summed E-state index contributed by atoms with van der Waals surface area (Å²) in [6.07, 6.45) is 1.13. The van der Waals surface area contributed by atoms with Gasteiger partial charge in [-0.2, -0.15) is 4.99 Å². The van der Waals surface area contributed by atoms with Crippen molar-refractivity contribution in [3.05, 3.63) is 64.0 Å². The molecule has 2 aromatic carbocycles. The fraction of sp³-hybridized carbons (Fsp3) is 0.364. The molecule has 3 rings (SSSR count). The van der Waals surface area contributed by atoms with E-state index in [9.17, 15) is 4.79 Å². The molecule has 1 amide bonds. The van der Waals surface area contributed by atoms with Gasteiger partial charge in [-0.1, -0.05) is 47.7 Å². The first kappa shape index (κ1) is 19.5. The number of hydrogen-bond acceptors (Lipinski definition) is 3. The molecule has 0 aliphatic heterocycles. The highest BCUT2D eigenvalue weighted by atomic mass is 32.1. The molecule has 0 saturated heterocycles. The maximum atomic E-state index is 12.5. The fourth-order valence-corrected chi connectivity index (χ4v) is 4.30. The third-order valence-corrected chi connectivity index (χ3v) is 5.70. The van der Waals surface area contributed by atoms with Crippen LogP contribution in [0.5, 0.6) is 0 Å². The van der Waals surface area contributed by atoms with E-state index >= 15 is 0 Å². The monoisotopic (exact) mass is 382 g/mol. The summed E-state index contributed by atoms with van der Waals surface area (Å²) in [5.74, 6) is -0.0788. The standard InChI is InChI=1S/C22H26N2O2S/c1-4-26-13-12-24-19-15-16(2)14-17(3)21(19)27-22(24)23-20(25)11-10-18-8-6-5-7-9-18/h5-9,14-15H,4,10-13H2,1-3H3. The zero-order valence-corrected chi connectivity index (χ0v) is 17.0. The van der Waals surface area contributed by atoms with Gasteiger partial charge in [-0.25, -0.2) is 0 Å². The number of hydrogen-bond donors (Lipinski definition) is 0. The highest BCUT2D eigenvalue weighted by Gasteiger charge is 2.11. The zero-order chi connectivity index (χ0) is 19.2. The quantitative estimate of drug-likeness (QED) is 0.568. The summed E-state index contributed by atoms with van der Waals surface area (Å²) < 4.78 is 8.85. The second-order valence-electron chi connectivity index (χ2n) is 6.65. The van der Waals surface area contributed by atoms with Gasteiger partial charge in [-0.15, -0.1) is 0 Å². The lowest BCUT2D eigenvalue weighted by atomic mass is 10.1. The van der Waals surface area contributed by atoms with E-state index in [2.05, 4.69) is 35.5 Å². The molecule has 0 fully saturated rings. The lowest BCUT2D eigenvalue weighted by Crippen LogP contribution is -2.19. The van der Waals surface area contributed by atoms with Crippen molar-refractivity contribution in [2.75, 3.05) is 13.2 Å². The molecular formula is C22H26N2O2S. The van der Waals surface area contributed by atoms with Crippen molar-refractivity contribution >= 4 is 27.5 Å². The van der Waals surface area contributed by atoms with Crippen LogP contribution in [0, 0.1) is 13.8 Å². The van der Waals surface area contributed by atoms with Crippen LogP contribution in [0.3, 0.4) is 0 Å². The summed E-state index contributed by atoms with van der Waals surface area (Å²) in [6, 6.07) is 14.4. The Balaban J connectivity index is 1.91. The molecule has 5 heteroatoms. The van der Waals surface area contributed by atoms with Crippen molar-refractivity contribution in [3.8, 4) is 0 Å². The van der Waals surface area contributed by atoms with Gasteiger partial charge in [-0.3, -0.25) is 4.79 Å². The van der Waals surface area contributed by atoms with E-state index in [1.54, 1.807) is 11.3 Å². The Bertz CT molecular complexity index is 987. The average molecular weight is 383 g/mol. The molecule has 0 saturated carbocycles.